The first-order chi connectivity index (χ1) is 4.66. The molecule has 10 heavy (non-hydrogen) atoms. The van der Waals surface area contributed by atoms with Crippen molar-refractivity contribution in [2.24, 2.45) is 0 Å². The number of nitrogens with one attached hydrogen (secondary N) is 1. The van der Waals surface area contributed by atoms with E-state index in [0.29, 0.717) is 6.04 Å². The minimum absolute atomic E-state index is 0.254. The van der Waals surface area contributed by atoms with Gasteiger partial charge in [-0.25, -0.2) is 0 Å². The summed E-state index contributed by atoms with van der Waals surface area (Å²) in [5.41, 5.74) is 1.13. The van der Waals surface area contributed by atoms with Gasteiger partial charge in [-0.2, -0.15) is 0 Å². The molecule has 1 atom stereocenters. The van der Waals surface area contributed by atoms with Crippen molar-refractivity contribution in [1.82, 2.24) is 5.32 Å². The molecule has 0 aromatic carbocycles. The zero-order valence-electron chi connectivity index (χ0n) is 6.85. The van der Waals surface area contributed by atoms with Gasteiger partial charge >= 0.3 is 0 Å². The van der Waals surface area contributed by atoms with Crippen molar-refractivity contribution < 1.29 is 5.11 Å². The van der Waals surface area contributed by atoms with E-state index in [-0.39, 0.29) is 6.61 Å². The van der Waals surface area contributed by atoms with Gasteiger partial charge in [0.05, 0.1) is 0 Å². The molecule has 0 heterocycles. The normalized spacial score (nSPS) is 13.1. The summed E-state index contributed by atoms with van der Waals surface area (Å²) >= 11 is 0. The van der Waals surface area contributed by atoms with Gasteiger partial charge in [0, 0.05) is 19.2 Å². The Labute approximate surface area is 62.9 Å². The van der Waals surface area contributed by atoms with Crippen LogP contribution in [0.1, 0.15) is 20.3 Å². The Hall–Kier alpha value is -0.340. The van der Waals surface area contributed by atoms with Crippen molar-refractivity contribution in [1.29, 1.82) is 0 Å². The molecule has 0 bridgehead atoms. The van der Waals surface area contributed by atoms with Gasteiger partial charge in [-0.15, -0.1) is 0 Å². The first-order valence-corrected chi connectivity index (χ1v) is 3.65. The maximum atomic E-state index is 8.54. The summed E-state index contributed by atoms with van der Waals surface area (Å²) in [6.07, 6.45) is 0.813. The Balaban J connectivity index is 3.21. The third kappa shape index (κ3) is 5.79. The highest BCUT2D eigenvalue weighted by Gasteiger charge is 1.97. The number of hydrogen-bond acceptors (Lipinski definition) is 2. The second-order valence-electron chi connectivity index (χ2n) is 2.75. The van der Waals surface area contributed by atoms with E-state index in [1.54, 1.807) is 0 Å². The van der Waals surface area contributed by atoms with Crippen LogP contribution in [-0.4, -0.2) is 24.3 Å². The van der Waals surface area contributed by atoms with E-state index in [1.165, 1.54) is 0 Å². The molecule has 0 aromatic heterocycles. The second-order valence-corrected chi connectivity index (χ2v) is 2.75. The number of aliphatic hydroxyl groups excluding tert-OH is 1. The van der Waals surface area contributed by atoms with Crippen LogP contribution in [0.2, 0.25) is 0 Å². The lowest BCUT2D eigenvalue weighted by Crippen LogP contribution is -2.28. The molecule has 2 heteroatoms. The van der Waals surface area contributed by atoms with Crippen molar-refractivity contribution in [2.45, 2.75) is 26.3 Å². The molecule has 0 radical (unpaired) electrons. The lowest BCUT2D eigenvalue weighted by Gasteiger charge is -2.11. The molecule has 0 aliphatic rings. The van der Waals surface area contributed by atoms with E-state index < -0.39 is 0 Å². The molecule has 0 rings (SSSR count). The monoisotopic (exact) mass is 143 g/mol. The molecular formula is C8H17NO. The molecule has 0 amide bonds. The van der Waals surface area contributed by atoms with Crippen LogP contribution in [0.15, 0.2) is 12.2 Å². The third-order valence-electron chi connectivity index (χ3n) is 1.31. The zero-order chi connectivity index (χ0) is 7.98. The fraction of sp³-hybridized carbons (Fsp3) is 0.750. The van der Waals surface area contributed by atoms with E-state index in [4.69, 9.17) is 5.11 Å². The predicted octanol–water partition coefficient (Wildman–Crippen LogP) is 0.923. The van der Waals surface area contributed by atoms with E-state index in [0.717, 1.165) is 18.5 Å². The molecule has 0 spiro atoms. The molecule has 0 saturated carbocycles. The van der Waals surface area contributed by atoms with E-state index in [9.17, 15) is 0 Å². The van der Waals surface area contributed by atoms with Crippen LogP contribution in [-0.2, 0) is 0 Å². The Morgan fingerprint density at radius 3 is 2.70 bits per heavy atom. The van der Waals surface area contributed by atoms with Gasteiger partial charge in [-0.1, -0.05) is 12.2 Å². The third-order valence-corrected chi connectivity index (χ3v) is 1.31. The highest BCUT2D eigenvalue weighted by atomic mass is 16.3. The molecule has 1 unspecified atom stereocenters. The molecule has 0 aromatic rings. The van der Waals surface area contributed by atoms with Crippen LogP contribution in [0.3, 0.4) is 0 Å². The van der Waals surface area contributed by atoms with E-state index in [2.05, 4.69) is 18.8 Å². The van der Waals surface area contributed by atoms with Gasteiger partial charge in [0.15, 0.2) is 0 Å². The van der Waals surface area contributed by atoms with Crippen LogP contribution < -0.4 is 5.32 Å². The molecule has 0 fully saturated rings. The predicted molar refractivity (Wildman–Crippen MR) is 44.0 cm³/mol. The first kappa shape index (κ1) is 9.66. The Kier molecular flexibility index (Phi) is 5.26. The molecular weight excluding hydrogens is 126 g/mol. The minimum Gasteiger partial charge on any atom is -0.396 e. The van der Waals surface area contributed by atoms with E-state index >= 15 is 0 Å². The van der Waals surface area contributed by atoms with Crippen LogP contribution in [0.4, 0.5) is 0 Å². The molecule has 0 aliphatic heterocycles. The fourth-order valence-corrected chi connectivity index (χ4v) is 0.644. The summed E-state index contributed by atoms with van der Waals surface area (Å²) in [6.45, 7) is 8.90. The lowest BCUT2D eigenvalue weighted by atomic mass is 10.2. The highest BCUT2D eigenvalue weighted by molar-refractivity contribution is 4.91. The van der Waals surface area contributed by atoms with Gasteiger partial charge < -0.3 is 10.4 Å². The number of hydrogen-bond donors (Lipinski definition) is 2. The van der Waals surface area contributed by atoms with E-state index in [1.807, 2.05) is 6.92 Å². The average molecular weight is 143 g/mol. The summed E-state index contributed by atoms with van der Waals surface area (Å²) < 4.78 is 0. The van der Waals surface area contributed by atoms with Crippen LogP contribution >= 0.6 is 0 Å². The largest absolute Gasteiger partial charge is 0.396 e. The maximum absolute atomic E-state index is 8.54. The number of aliphatic hydroxyl groups is 1. The van der Waals surface area contributed by atoms with Gasteiger partial charge in [-0.3, -0.25) is 0 Å². The summed E-state index contributed by atoms with van der Waals surface area (Å²) in [4.78, 5) is 0. The van der Waals surface area contributed by atoms with Crippen LogP contribution in [0, 0.1) is 0 Å². The average Bonchev–Trinajstić information content (AvgIpc) is 1.85. The smallest absolute Gasteiger partial charge is 0.0445 e. The minimum atomic E-state index is 0.254. The van der Waals surface area contributed by atoms with Crippen LogP contribution in [0.25, 0.3) is 0 Å². The summed E-state index contributed by atoms with van der Waals surface area (Å²) in [6, 6.07) is 0.390. The quantitative estimate of drug-likeness (QED) is 0.561. The molecule has 2 nitrogen and oxygen atoms in total. The Morgan fingerprint density at radius 2 is 2.30 bits per heavy atom. The van der Waals surface area contributed by atoms with Crippen molar-refractivity contribution >= 4 is 0 Å². The fourth-order valence-electron chi connectivity index (χ4n) is 0.644. The molecule has 0 saturated heterocycles. The molecule has 2 N–H and O–H groups in total. The van der Waals surface area contributed by atoms with Gasteiger partial charge in [0.2, 0.25) is 0 Å². The maximum Gasteiger partial charge on any atom is 0.0445 e. The highest BCUT2D eigenvalue weighted by Crippen LogP contribution is 1.90. The molecule has 60 valence electrons. The number of rotatable bonds is 5. The van der Waals surface area contributed by atoms with Crippen molar-refractivity contribution in [3.05, 3.63) is 12.2 Å². The topological polar surface area (TPSA) is 32.3 Å². The lowest BCUT2D eigenvalue weighted by molar-refractivity contribution is 0.270. The Morgan fingerprint density at radius 1 is 1.70 bits per heavy atom. The summed E-state index contributed by atoms with van der Waals surface area (Å²) in [5, 5.41) is 11.8. The summed E-state index contributed by atoms with van der Waals surface area (Å²) in [5.74, 6) is 0. The second kappa shape index (κ2) is 5.45. The zero-order valence-corrected chi connectivity index (χ0v) is 6.85. The van der Waals surface area contributed by atoms with Crippen molar-refractivity contribution in [2.75, 3.05) is 13.2 Å². The van der Waals surface area contributed by atoms with Crippen molar-refractivity contribution in [3.63, 3.8) is 0 Å². The van der Waals surface area contributed by atoms with Gasteiger partial charge in [0.1, 0.15) is 0 Å². The Bertz CT molecular complexity index is 101. The molecule has 0 aliphatic carbocycles. The first-order valence-electron chi connectivity index (χ1n) is 3.65. The summed E-state index contributed by atoms with van der Waals surface area (Å²) in [7, 11) is 0. The van der Waals surface area contributed by atoms with Crippen molar-refractivity contribution in [3.8, 4) is 0 Å². The standard InChI is InChI=1S/C8H17NO/c1-7(2)6-9-8(3)4-5-10/h8-10H,1,4-6H2,2-3H3. The van der Waals surface area contributed by atoms with Gasteiger partial charge in [-0.05, 0) is 20.3 Å². The van der Waals surface area contributed by atoms with Crippen LogP contribution in [0.5, 0.6) is 0 Å². The SMILES string of the molecule is C=C(C)CNC(C)CCO. The van der Waals surface area contributed by atoms with Gasteiger partial charge in [0.25, 0.3) is 0 Å².